The zero-order valence-electron chi connectivity index (χ0n) is 12.8. The summed E-state index contributed by atoms with van der Waals surface area (Å²) in [6.45, 7) is 0. The molecule has 25 heavy (non-hydrogen) atoms. The quantitative estimate of drug-likeness (QED) is 0.387. The zero-order valence-corrected chi connectivity index (χ0v) is 13.6. The average molecular weight is 350 g/mol. The number of benzene rings is 2. The second kappa shape index (κ2) is 5.22. The molecule has 122 valence electrons. The lowest BCUT2D eigenvalue weighted by Crippen LogP contribution is -2.25. The van der Waals surface area contributed by atoms with Crippen molar-refractivity contribution in [1.82, 2.24) is 8.75 Å². The van der Waals surface area contributed by atoms with Crippen LogP contribution < -0.4 is 10.2 Å². The first-order chi connectivity index (χ1) is 12.2. The van der Waals surface area contributed by atoms with Crippen LogP contribution in [-0.4, -0.2) is 14.7 Å². The van der Waals surface area contributed by atoms with Gasteiger partial charge in [-0.05, 0) is 24.3 Å². The number of aromatic nitrogens is 2. The van der Waals surface area contributed by atoms with E-state index in [0.29, 0.717) is 33.4 Å². The standard InChI is InChI=1S/C18H10N2O4S/c21-15-7-10(11-8-23-13-4-2-1-3-9(13)18(11)22)16-14(24-15)6-5-12-17(16)20-25-19-12/h1-6,8,10H,7H2. The van der Waals surface area contributed by atoms with Crippen molar-refractivity contribution in [2.24, 2.45) is 0 Å². The van der Waals surface area contributed by atoms with E-state index in [4.69, 9.17) is 9.15 Å². The molecule has 0 aliphatic carbocycles. The first-order valence-corrected chi connectivity index (χ1v) is 8.41. The summed E-state index contributed by atoms with van der Waals surface area (Å²) in [6, 6.07) is 10.5. The number of esters is 1. The first-order valence-electron chi connectivity index (χ1n) is 7.68. The summed E-state index contributed by atoms with van der Waals surface area (Å²) in [5.41, 5.74) is 2.89. The molecule has 1 aliphatic heterocycles. The van der Waals surface area contributed by atoms with Crippen molar-refractivity contribution in [3.8, 4) is 5.75 Å². The highest BCUT2D eigenvalue weighted by Gasteiger charge is 2.33. The van der Waals surface area contributed by atoms with Gasteiger partial charge in [0.1, 0.15) is 22.4 Å². The molecule has 0 bridgehead atoms. The van der Waals surface area contributed by atoms with Gasteiger partial charge in [0.2, 0.25) is 0 Å². The number of carbonyl (C=O) groups excluding carboxylic acids is 1. The van der Waals surface area contributed by atoms with Crippen LogP contribution in [0, 0.1) is 0 Å². The summed E-state index contributed by atoms with van der Waals surface area (Å²) >= 11 is 1.09. The second-order valence-electron chi connectivity index (χ2n) is 5.86. The van der Waals surface area contributed by atoms with Crippen LogP contribution in [0.1, 0.15) is 23.5 Å². The largest absolute Gasteiger partial charge is 0.464 e. The molecule has 0 amide bonds. The lowest BCUT2D eigenvalue weighted by molar-refractivity contribution is -0.135. The van der Waals surface area contributed by atoms with Gasteiger partial charge in [-0.15, -0.1) is 0 Å². The van der Waals surface area contributed by atoms with Gasteiger partial charge in [0.05, 0.1) is 29.8 Å². The molecule has 1 unspecified atom stereocenters. The monoisotopic (exact) mass is 350 g/mol. The molecule has 6 nitrogen and oxygen atoms in total. The minimum Gasteiger partial charge on any atom is -0.464 e. The number of fused-ring (bicyclic) bond motifs is 4. The van der Waals surface area contributed by atoms with Crippen molar-refractivity contribution in [2.75, 3.05) is 0 Å². The number of rotatable bonds is 1. The molecule has 0 radical (unpaired) electrons. The summed E-state index contributed by atoms with van der Waals surface area (Å²) in [6.07, 6.45) is 1.50. The lowest BCUT2D eigenvalue weighted by Gasteiger charge is -2.24. The van der Waals surface area contributed by atoms with Gasteiger partial charge in [0.15, 0.2) is 5.43 Å². The smallest absolute Gasteiger partial charge is 0.312 e. The highest BCUT2D eigenvalue weighted by atomic mass is 32.1. The Kier molecular flexibility index (Phi) is 2.98. The molecule has 2 aromatic heterocycles. The van der Waals surface area contributed by atoms with E-state index in [0.717, 1.165) is 17.2 Å². The van der Waals surface area contributed by atoms with Crippen molar-refractivity contribution in [3.63, 3.8) is 0 Å². The fraction of sp³-hybridized carbons (Fsp3) is 0.111. The van der Waals surface area contributed by atoms with Gasteiger partial charge in [0.25, 0.3) is 0 Å². The maximum Gasteiger partial charge on any atom is 0.312 e. The Morgan fingerprint density at radius 2 is 1.96 bits per heavy atom. The minimum absolute atomic E-state index is 0.0622. The molecule has 0 saturated heterocycles. The van der Waals surface area contributed by atoms with Gasteiger partial charge in [-0.2, -0.15) is 8.75 Å². The predicted octanol–water partition coefficient (Wildman–Crippen LogP) is 3.24. The molecule has 1 atom stereocenters. The van der Waals surface area contributed by atoms with E-state index in [1.807, 2.05) is 6.07 Å². The Bertz CT molecular complexity index is 1210. The normalized spacial score (nSPS) is 16.8. The third-order valence-electron chi connectivity index (χ3n) is 4.45. The molecular formula is C18H10N2O4S. The van der Waals surface area contributed by atoms with Crippen molar-refractivity contribution in [3.05, 3.63) is 64.0 Å². The first kappa shape index (κ1) is 14.3. The highest BCUT2D eigenvalue weighted by molar-refractivity contribution is 7.00. The van der Waals surface area contributed by atoms with Crippen molar-refractivity contribution >= 4 is 39.7 Å². The summed E-state index contributed by atoms with van der Waals surface area (Å²) in [5, 5.41) is 0.490. The molecule has 7 heteroatoms. The van der Waals surface area contributed by atoms with Gasteiger partial charge in [-0.1, -0.05) is 12.1 Å². The molecule has 3 heterocycles. The molecule has 0 saturated carbocycles. The number of hydrogen-bond donors (Lipinski definition) is 0. The maximum absolute atomic E-state index is 13.0. The van der Waals surface area contributed by atoms with Gasteiger partial charge in [-0.3, -0.25) is 9.59 Å². The Morgan fingerprint density at radius 1 is 1.08 bits per heavy atom. The summed E-state index contributed by atoms with van der Waals surface area (Å²) in [5.74, 6) is -0.425. The van der Waals surface area contributed by atoms with E-state index in [-0.39, 0.29) is 17.8 Å². The van der Waals surface area contributed by atoms with Crippen LogP contribution in [0.5, 0.6) is 5.75 Å². The van der Waals surface area contributed by atoms with Crippen molar-refractivity contribution in [2.45, 2.75) is 12.3 Å². The Morgan fingerprint density at radius 3 is 2.88 bits per heavy atom. The van der Waals surface area contributed by atoms with E-state index in [2.05, 4.69) is 8.75 Å². The van der Waals surface area contributed by atoms with E-state index < -0.39 is 5.92 Å². The van der Waals surface area contributed by atoms with E-state index in [1.54, 1.807) is 30.3 Å². The van der Waals surface area contributed by atoms with Crippen LogP contribution in [0.2, 0.25) is 0 Å². The van der Waals surface area contributed by atoms with E-state index in [9.17, 15) is 9.59 Å². The maximum atomic E-state index is 13.0. The van der Waals surface area contributed by atoms with Gasteiger partial charge in [-0.25, -0.2) is 0 Å². The molecule has 4 aromatic rings. The zero-order chi connectivity index (χ0) is 17.0. The molecule has 0 fully saturated rings. The lowest BCUT2D eigenvalue weighted by atomic mass is 9.86. The molecule has 1 aliphatic rings. The molecule has 5 rings (SSSR count). The number of hydrogen-bond acceptors (Lipinski definition) is 7. The number of ether oxygens (including phenoxy) is 1. The van der Waals surface area contributed by atoms with Gasteiger partial charge < -0.3 is 9.15 Å². The molecule has 0 N–H and O–H groups in total. The fourth-order valence-corrected chi connectivity index (χ4v) is 3.86. The van der Waals surface area contributed by atoms with Crippen LogP contribution in [0.15, 0.2) is 51.9 Å². The summed E-state index contributed by atoms with van der Waals surface area (Å²) < 4.78 is 19.6. The van der Waals surface area contributed by atoms with E-state index in [1.165, 1.54) is 6.26 Å². The SMILES string of the molecule is O=C1CC(c2coc3ccccc3c2=O)c2c(ccc3nsnc23)O1. The number of nitrogens with zero attached hydrogens (tertiary/aromatic N) is 2. The predicted molar refractivity (Wildman–Crippen MR) is 92.0 cm³/mol. The number of para-hydroxylation sites is 1. The average Bonchev–Trinajstić information content (AvgIpc) is 3.10. The molecule has 0 spiro atoms. The van der Waals surface area contributed by atoms with Crippen molar-refractivity contribution < 1.29 is 13.9 Å². The Labute approximate surface area is 145 Å². The third kappa shape index (κ3) is 2.09. The third-order valence-corrected chi connectivity index (χ3v) is 4.99. The number of carbonyl (C=O) groups is 1. The molecule has 2 aromatic carbocycles. The van der Waals surface area contributed by atoms with Crippen LogP contribution in [-0.2, 0) is 4.79 Å². The van der Waals surface area contributed by atoms with Crippen LogP contribution in [0.25, 0.3) is 22.0 Å². The second-order valence-corrected chi connectivity index (χ2v) is 6.38. The van der Waals surface area contributed by atoms with Crippen LogP contribution in [0.4, 0.5) is 0 Å². The van der Waals surface area contributed by atoms with Gasteiger partial charge >= 0.3 is 5.97 Å². The van der Waals surface area contributed by atoms with Gasteiger partial charge in [0, 0.05) is 17.0 Å². The topological polar surface area (TPSA) is 82.3 Å². The fourth-order valence-electron chi connectivity index (χ4n) is 3.31. The molecular weight excluding hydrogens is 340 g/mol. The van der Waals surface area contributed by atoms with Crippen LogP contribution >= 0.6 is 11.7 Å². The Balaban J connectivity index is 1.81. The minimum atomic E-state index is -0.468. The summed E-state index contributed by atoms with van der Waals surface area (Å²) in [7, 11) is 0. The van der Waals surface area contributed by atoms with E-state index >= 15 is 0 Å². The van der Waals surface area contributed by atoms with Crippen LogP contribution in [0.3, 0.4) is 0 Å². The summed E-state index contributed by atoms with van der Waals surface area (Å²) in [4.78, 5) is 25.0. The Hall–Kier alpha value is -3.06. The highest BCUT2D eigenvalue weighted by Crippen LogP contribution is 2.41. The van der Waals surface area contributed by atoms with Crippen molar-refractivity contribution in [1.29, 1.82) is 0 Å².